The normalized spacial score (nSPS) is 10.0. The molecule has 15 heavy (non-hydrogen) atoms. The SMILES string of the molecule is CCOc1ccsc1C(=O)NCCOC. The second kappa shape index (κ2) is 6.42. The van der Waals surface area contributed by atoms with Gasteiger partial charge in [0.15, 0.2) is 0 Å². The lowest BCUT2D eigenvalue weighted by atomic mass is 10.4. The van der Waals surface area contributed by atoms with Crippen LogP contribution in [0.15, 0.2) is 11.4 Å². The van der Waals surface area contributed by atoms with Gasteiger partial charge in [-0.3, -0.25) is 4.79 Å². The van der Waals surface area contributed by atoms with E-state index in [4.69, 9.17) is 9.47 Å². The number of thiophene rings is 1. The Bertz CT molecular complexity index is 311. The Morgan fingerprint density at radius 1 is 1.60 bits per heavy atom. The summed E-state index contributed by atoms with van der Waals surface area (Å²) in [5.41, 5.74) is 0. The molecule has 1 rings (SSSR count). The zero-order valence-electron chi connectivity index (χ0n) is 8.91. The number of methoxy groups -OCH3 is 1. The Balaban J connectivity index is 2.53. The van der Waals surface area contributed by atoms with Gasteiger partial charge in [-0.05, 0) is 18.4 Å². The summed E-state index contributed by atoms with van der Waals surface area (Å²) in [6.45, 7) is 3.49. The topological polar surface area (TPSA) is 47.6 Å². The van der Waals surface area contributed by atoms with E-state index >= 15 is 0 Å². The first-order valence-corrected chi connectivity index (χ1v) is 5.65. The average molecular weight is 229 g/mol. The molecule has 0 bridgehead atoms. The molecule has 0 spiro atoms. The molecule has 0 aliphatic heterocycles. The first-order chi connectivity index (χ1) is 7.29. The predicted octanol–water partition coefficient (Wildman–Crippen LogP) is 1.52. The summed E-state index contributed by atoms with van der Waals surface area (Å²) in [6, 6.07) is 1.80. The molecule has 84 valence electrons. The van der Waals surface area contributed by atoms with Gasteiger partial charge in [0, 0.05) is 13.7 Å². The van der Waals surface area contributed by atoms with E-state index in [1.807, 2.05) is 12.3 Å². The molecule has 1 N–H and O–H groups in total. The van der Waals surface area contributed by atoms with Crippen LogP contribution in [-0.4, -0.2) is 32.8 Å². The smallest absolute Gasteiger partial charge is 0.265 e. The zero-order chi connectivity index (χ0) is 11.1. The quantitative estimate of drug-likeness (QED) is 0.752. The lowest BCUT2D eigenvalue weighted by Gasteiger charge is -2.05. The summed E-state index contributed by atoms with van der Waals surface area (Å²) >= 11 is 1.38. The van der Waals surface area contributed by atoms with Crippen LogP contribution in [0.2, 0.25) is 0 Å². The molecule has 1 heterocycles. The molecule has 0 aliphatic carbocycles. The number of carbonyl (C=O) groups excluding carboxylic acids is 1. The minimum atomic E-state index is -0.106. The number of amides is 1. The van der Waals surface area contributed by atoms with Crippen molar-refractivity contribution in [3.05, 3.63) is 16.3 Å². The number of hydrogen-bond donors (Lipinski definition) is 1. The van der Waals surface area contributed by atoms with Crippen LogP contribution in [0.3, 0.4) is 0 Å². The van der Waals surface area contributed by atoms with E-state index in [1.165, 1.54) is 11.3 Å². The Hall–Kier alpha value is -1.07. The highest BCUT2D eigenvalue weighted by Crippen LogP contribution is 2.24. The van der Waals surface area contributed by atoms with Crippen LogP contribution in [0.1, 0.15) is 16.6 Å². The number of carbonyl (C=O) groups is 1. The summed E-state index contributed by atoms with van der Waals surface area (Å²) in [5, 5.41) is 4.59. The van der Waals surface area contributed by atoms with E-state index < -0.39 is 0 Å². The van der Waals surface area contributed by atoms with E-state index in [0.717, 1.165) is 0 Å². The van der Waals surface area contributed by atoms with Crippen molar-refractivity contribution < 1.29 is 14.3 Å². The van der Waals surface area contributed by atoms with Crippen molar-refractivity contribution in [1.82, 2.24) is 5.32 Å². The standard InChI is InChI=1S/C10H15NO3S/c1-3-14-8-4-7-15-9(8)10(12)11-5-6-13-2/h4,7H,3,5-6H2,1-2H3,(H,11,12). The monoisotopic (exact) mass is 229 g/mol. The summed E-state index contributed by atoms with van der Waals surface area (Å²) in [4.78, 5) is 12.3. The third-order valence-corrected chi connectivity index (χ3v) is 2.62. The van der Waals surface area contributed by atoms with Crippen LogP contribution in [-0.2, 0) is 4.74 Å². The molecule has 0 atom stereocenters. The van der Waals surface area contributed by atoms with E-state index in [2.05, 4.69) is 5.32 Å². The van der Waals surface area contributed by atoms with Gasteiger partial charge in [0.25, 0.3) is 5.91 Å². The van der Waals surface area contributed by atoms with Gasteiger partial charge in [-0.15, -0.1) is 11.3 Å². The highest BCUT2D eigenvalue weighted by Gasteiger charge is 2.13. The first kappa shape index (κ1) is 12.0. The van der Waals surface area contributed by atoms with Gasteiger partial charge in [-0.1, -0.05) is 0 Å². The second-order valence-electron chi connectivity index (χ2n) is 2.80. The molecule has 0 aromatic carbocycles. The number of ether oxygens (including phenoxy) is 2. The van der Waals surface area contributed by atoms with Crippen LogP contribution < -0.4 is 10.1 Å². The van der Waals surface area contributed by atoms with Gasteiger partial charge >= 0.3 is 0 Å². The van der Waals surface area contributed by atoms with Crippen LogP contribution >= 0.6 is 11.3 Å². The zero-order valence-corrected chi connectivity index (χ0v) is 9.73. The molecular formula is C10H15NO3S. The maximum absolute atomic E-state index is 11.6. The highest BCUT2D eigenvalue weighted by molar-refractivity contribution is 7.12. The minimum Gasteiger partial charge on any atom is -0.492 e. The summed E-state index contributed by atoms with van der Waals surface area (Å²) < 4.78 is 10.2. The second-order valence-corrected chi connectivity index (χ2v) is 3.71. The van der Waals surface area contributed by atoms with Crippen LogP contribution in [0.5, 0.6) is 5.75 Å². The first-order valence-electron chi connectivity index (χ1n) is 4.77. The van der Waals surface area contributed by atoms with Crippen molar-refractivity contribution in [2.75, 3.05) is 26.9 Å². The van der Waals surface area contributed by atoms with Gasteiger partial charge < -0.3 is 14.8 Å². The van der Waals surface area contributed by atoms with E-state index in [-0.39, 0.29) is 5.91 Å². The van der Waals surface area contributed by atoms with Crippen molar-refractivity contribution in [2.45, 2.75) is 6.92 Å². The third kappa shape index (κ3) is 3.53. The summed E-state index contributed by atoms with van der Waals surface area (Å²) in [6.07, 6.45) is 0. The Morgan fingerprint density at radius 3 is 3.07 bits per heavy atom. The number of rotatable bonds is 6. The molecule has 0 saturated carbocycles. The fraction of sp³-hybridized carbons (Fsp3) is 0.500. The van der Waals surface area contributed by atoms with Gasteiger partial charge in [-0.25, -0.2) is 0 Å². The minimum absolute atomic E-state index is 0.106. The summed E-state index contributed by atoms with van der Waals surface area (Å²) in [5.74, 6) is 0.544. The molecule has 0 saturated heterocycles. The lowest BCUT2D eigenvalue weighted by molar-refractivity contribution is 0.0938. The maximum Gasteiger partial charge on any atom is 0.265 e. The molecule has 0 radical (unpaired) electrons. The van der Waals surface area contributed by atoms with Crippen molar-refractivity contribution >= 4 is 17.2 Å². The number of nitrogens with one attached hydrogen (secondary N) is 1. The predicted molar refractivity (Wildman–Crippen MR) is 59.7 cm³/mol. The van der Waals surface area contributed by atoms with Gasteiger partial charge in [-0.2, -0.15) is 0 Å². The molecule has 1 aromatic rings. The Morgan fingerprint density at radius 2 is 2.40 bits per heavy atom. The van der Waals surface area contributed by atoms with Crippen molar-refractivity contribution in [3.63, 3.8) is 0 Å². The molecule has 0 unspecified atom stereocenters. The van der Waals surface area contributed by atoms with Crippen LogP contribution in [0.25, 0.3) is 0 Å². The van der Waals surface area contributed by atoms with Gasteiger partial charge in [0.2, 0.25) is 0 Å². The molecule has 5 heteroatoms. The average Bonchev–Trinajstić information content (AvgIpc) is 2.67. The summed E-state index contributed by atoms with van der Waals surface area (Å²) in [7, 11) is 1.60. The number of hydrogen-bond acceptors (Lipinski definition) is 4. The Labute approximate surface area is 93.2 Å². The van der Waals surface area contributed by atoms with E-state index in [0.29, 0.717) is 30.4 Å². The van der Waals surface area contributed by atoms with E-state index in [9.17, 15) is 4.79 Å². The molecule has 0 aliphatic rings. The largest absolute Gasteiger partial charge is 0.492 e. The van der Waals surface area contributed by atoms with Crippen molar-refractivity contribution in [2.24, 2.45) is 0 Å². The van der Waals surface area contributed by atoms with E-state index in [1.54, 1.807) is 13.2 Å². The van der Waals surface area contributed by atoms with Gasteiger partial charge in [0.1, 0.15) is 10.6 Å². The van der Waals surface area contributed by atoms with Crippen LogP contribution in [0, 0.1) is 0 Å². The van der Waals surface area contributed by atoms with Crippen molar-refractivity contribution in [1.29, 1.82) is 0 Å². The maximum atomic E-state index is 11.6. The molecule has 1 amide bonds. The lowest BCUT2D eigenvalue weighted by Crippen LogP contribution is -2.26. The van der Waals surface area contributed by atoms with Gasteiger partial charge in [0.05, 0.1) is 13.2 Å². The highest BCUT2D eigenvalue weighted by atomic mass is 32.1. The Kier molecular flexibility index (Phi) is 5.14. The molecule has 0 fully saturated rings. The third-order valence-electron chi connectivity index (χ3n) is 1.73. The fourth-order valence-electron chi connectivity index (χ4n) is 1.08. The van der Waals surface area contributed by atoms with Crippen molar-refractivity contribution in [3.8, 4) is 5.75 Å². The molecule has 4 nitrogen and oxygen atoms in total. The van der Waals surface area contributed by atoms with Crippen LogP contribution in [0.4, 0.5) is 0 Å². The fourth-order valence-corrected chi connectivity index (χ4v) is 1.83. The molecule has 1 aromatic heterocycles. The molecular weight excluding hydrogens is 214 g/mol.